The first kappa shape index (κ1) is 22.7. The van der Waals surface area contributed by atoms with Gasteiger partial charge in [-0.2, -0.15) is 4.98 Å². The zero-order valence-corrected chi connectivity index (χ0v) is 19.8. The van der Waals surface area contributed by atoms with Gasteiger partial charge in [-0.1, -0.05) is 12.1 Å². The van der Waals surface area contributed by atoms with Gasteiger partial charge < -0.3 is 9.64 Å². The molecule has 2 aromatic carbocycles. The summed E-state index contributed by atoms with van der Waals surface area (Å²) in [5, 5.41) is 2.91. The second kappa shape index (κ2) is 9.30. The van der Waals surface area contributed by atoms with Gasteiger partial charge in [0.05, 0.1) is 30.5 Å². The Kier molecular flexibility index (Phi) is 6.04. The van der Waals surface area contributed by atoms with Crippen molar-refractivity contribution in [3.8, 4) is 11.4 Å². The zero-order valence-electron chi connectivity index (χ0n) is 19.0. The Morgan fingerprint density at radius 2 is 1.86 bits per heavy atom. The van der Waals surface area contributed by atoms with Crippen molar-refractivity contribution >= 4 is 33.5 Å². The minimum atomic E-state index is -0.730. The maximum Gasteiger partial charge on any atom is 0.335 e. The van der Waals surface area contributed by atoms with Crippen LogP contribution in [0.2, 0.25) is 0 Å². The number of hydrogen-bond acceptors (Lipinski definition) is 6. The highest BCUT2D eigenvalue weighted by atomic mass is 32.1. The molecule has 0 bridgehead atoms. The van der Waals surface area contributed by atoms with E-state index in [1.807, 2.05) is 29.3 Å². The van der Waals surface area contributed by atoms with Gasteiger partial charge in [0.2, 0.25) is 5.95 Å². The van der Waals surface area contributed by atoms with Crippen LogP contribution in [0, 0.1) is 11.6 Å². The van der Waals surface area contributed by atoms with Crippen molar-refractivity contribution in [1.29, 1.82) is 0 Å². The molecule has 0 fully saturated rings. The van der Waals surface area contributed by atoms with E-state index in [1.165, 1.54) is 40.6 Å². The number of aromatic nitrogens is 4. The average molecular weight is 494 g/mol. The lowest BCUT2D eigenvalue weighted by Gasteiger charge is -2.18. The lowest BCUT2D eigenvalue weighted by molar-refractivity contribution is 0.414. The van der Waals surface area contributed by atoms with Crippen molar-refractivity contribution in [3.63, 3.8) is 0 Å². The van der Waals surface area contributed by atoms with Gasteiger partial charge in [0.1, 0.15) is 22.9 Å². The molecular weight excluding hydrogens is 472 g/mol. The second-order valence-corrected chi connectivity index (χ2v) is 8.61. The summed E-state index contributed by atoms with van der Waals surface area (Å²) in [6.07, 6.45) is 1.52. The van der Waals surface area contributed by atoms with E-state index in [-0.39, 0.29) is 12.1 Å². The highest BCUT2D eigenvalue weighted by molar-refractivity contribution is 7.14. The molecule has 5 aromatic rings. The molecule has 0 saturated carbocycles. The molecule has 10 heteroatoms. The third kappa shape index (κ3) is 4.06. The number of methoxy groups -OCH3 is 1. The molecule has 3 heterocycles. The number of ether oxygens (including phenoxy) is 1. The highest BCUT2D eigenvalue weighted by Gasteiger charge is 2.22. The lowest BCUT2D eigenvalue weighted by Crippen LogP contribution is -2.24. The van der Waals surface area contributed by atoms with E-state index in [1.54, 1.807) is 35.6 Å². The first-order chi connectivity index (χ1) is 17.0. The Bertz CT molecular complexity index is 1540. The maximum absolute atomic E-state index is 14.5. The maximum atomic E-state index is 14.5. The summed E-state index contributed by atoms with van der Waals surface area (Å²) in [6, 6.07) is 14.5. The molecule has 5 rings (SSSR count). The predicted molar refractivity (Wildman–Crippen MR) is 132 cm³/mol. The summed E-state index contributed by atoms with van der Waals surface area (Å²) in [7, 11) is 1.53. The number of benzene rings is 2. The third-order valence-corrected chi connectivity index (χ3v) is 6.57. The first-order valence-corrected chi connectivity index (χ1v) is 11.8. The van der Waals surface area contributed by atoms with Gasteiger partial charge in [0.15, 0.2) is 5.65 Å². The predicted octanol–water partition coefficient (Wildman–Crippen LogP) is 5.14. The van der Waals surface area contributed by atoms with Gasteiger partial charge >= 0.3 is 5.69 Å². The Hall–Kier alpha value is -4.05. The van der Waals surface area contributed by atoms with Crippen LogP contribution < -0.4 is 15.3 Å². The highest BCUT2D eigenvalue weighted by Crippen LogP contribution is 2.29. The van der Waals surface area contributed by atoms with E-state index in [0.29, 0.717) is 35.1 Å². The molecule has 35 heavy (non-hydrogen) atoms. The molecule has 0 saturated heterocycles. The van der Waals surface area contributed by atoms with Crippen molar-refractivity contribution in [2.45, 2.75) is 13.5 Å². The van der Waals surface area contributed by atoms with Gasteiger partial charge in [0.25, 0.3) is 0 Å². The summed E-state index contributed by atoms with van der Waals surface area (Å²) in [6.45, 7) is 2.28. The smallest absolute Gasteiger partial charge is 0.335 e. The van der Waals surface area contributed by atoms with Crippen LogP contribution >= 0.6 is 11.3 Å². The second-order valence-electron chi connectivity index (χ2n) is 7.68. The topological polar surface area (TPSA) is 65.2 Å². The molecule has 0 aliphatic rings. The van der Waals surface area contributed by atoms with Crippen molar-refractivity contribution in [2.24, 2.45) is 0 Å². The van der Waals surface area contributed by atoms with E-state index in [0.717, 1.165) is 5.00 Å². The molecule has 3 aromatic heterocycles. The Morgan fingerprint density at radius 1 is 1.09 bits per heavy atom. The van der Waals surface area contributed by atoms with Gasteiger partial charge in [-0.3, -0.25) is 4.57 Å². The van der Waals surface area contributed by atoms with E-state index in [2.05, 4.69) is 4.98 Å². The van der Waals surface area contributed by atoms with Crippen LogP contribution in [0.1, 0.15) is 12.5 Å². The van der Waals surface area contributed by atoms with Crippen molar-refractivity contribution in [2.75, 3.05) is 18.6 Å². The number of nitrogens with zero attached hydrogens (tertiary/aromatic N) is 5. The van der Waals surface area contributed by atoms with E-state index >= 15 is 0 Å². The number of halogens is 2. The zero-order chi connectivity index (χ0) is 24.5. The summed E-state index contributed by atoms with van der Waals surface area (Å²) < 4.78 is 36.9. The molecule has 7 nitrogen and oxygen atoms in total. The van der Waals surface area contributed by atoms with Crippen LogP contribution in [0.3, 0.4) is 0 Å². The third-order valence-electron chi connectivity index (χ3n) is 5.68. The minimum absolute atomic E-state index is 0.211. The molecule has 0 N–H and O–H groups in total. The normalized spacial score (nSPS) is 11.2. The van der Waals surface area contributed by atoms with Crippen LogP contribution in [0.4, 0.5) is 19.7 Å². The number of anilines is 2. The molecular formula is C25H21F2N5O2S. The number of fused-ring (bicyclic) bond motifs is 1. The number of thiophene rings is 1. The van der Waals surface area contributed by atoms with Gasteiger partial charge in [-0.25, -0.2) is 23.1 Å². The summed E-state index contributed by atoms with van der Waals surface area (Å²) in [5.74, 6) is -0.495. The van der Waals surface area contributed by atoms with E-state index in [9.17, 15) is 13.6 Å². The summed E-state index contributed by atoms with van der Waals surface area (Å²) in [5.41, 5.74) is 0.473. The lowest BCUT2D eigenvalue weighted by atomic mass is 10.2. The standard InChI is InChI=1S/C25H21F2N5O2S/c1-3-30(22-11-6-12-35-22)24-28-14-21-23(29-24)32(16-7-4-8-17(13-16)34-2)25(33)31(21)15-18-19(26)9-5-10-20(18)27/h4-14H,3,15H2,1-2H3. The number of rotatable bonds is 7. The quantitative estimate of drug-likeness (QED) is 0.314. The summed E-state index contributed by atoms with van der Waals surface area (Å²) >= 11 is 1.55. The first-order valence-electron chi connectivity index (χ1n) is 10.9. The molecule has 0 aliphatic carbocycles. The summed E-state index contributed by atoms with van der Waals surface area (Å²) in [4.78, 5) is 24.8. The molecule has 0 unspecified atom stereocenters. The minimum Gasteiger partial charge on any atom is -0.497 e. The largest absolute Gasteiger partial charge is 0.497 e. The number of imidazole rings is 1. The fourth-order valence-electron chi connectivity index (χ4n) is 3.95. The van der Waals surface area contributed by atoms with Gasteiger partial charge in [-0.05, 0) is 48.7 Å². The van der Waals surface area contributed by atoms with Crippen LogP contribution in [0.5, 0.6) is 5.75 Å². The van der Waals surface area contributed by atoms with Gasteiger partial charge in [0, 0.05) is 18.2 Å². The van der Waals surface area contributed by atoms with Crippen molar-refractivity contribution < 1.29 is 13.5 Å². The molecule has 0 radical (unpaired) electrons. The van der Waals surface area contributed by atoms with E-state index in [4.69, 9.17) is 9.72 Å². The van der Waals surface area contributed by atoms with Crippen LogP contribution in [-0.4, -0.2) is 32.8 Å². The molecule has 0 spiro atoms. The van der Waals surface area contributed by atoms with E-state index < -0.39 is 17.3 Å². The molecule has 0 atom stereocenters. The molecule has 0 amide bonds. The van der Waals surface area contributed by atoms with Gasteiger partial charge in [-0.15, -0.1) is 11.3 Å². The Labute approximate surface area is 203 Å². The number of hydrogen-bond donors (Lipinski definition) is 0. The molecule has 0 aliphatic heterocycles. The van der Waals surface area contributed by atoms with Crippen LogP contribution in [0.15, 0.2) is 71.0 Å². The Balaban J connectivity index is 1.75. The fraction of sp³-hybridized carbons (Fsp3) is 0.160. The molecule has 178 valence electrons. The SMILES string of the molecule is CCN(c1ncc2c(n1)n(-c1cccc(OC)c1)c(=O)n2Cc1c(F)cccc1F)c1cccs1. The van der Waals surface area contributed by atoms with Crippen molar-refractivity contribution in [3.05, 3.63) is 93.9 Å². The van der Waals surface area contributed by atoms with Crippen LogP contribution in [-0.2, 0) is 6.54 Å². The van der Waals surface area contributed by atoms with Crippen LogP contribution in [0.25, 0.3) is 16.9 Å². The average Bonchev–Trinajstić information content (AvgIpc) is 3.48. The van der Waals surface area contributed by atoms with Crippen molar-refractivity contribution in [1.82, 2.24) is 19.1 Å². The fourth-order valence-corrected chi connectivity index (χ4v) is 4.74. The monoisotopic (exact) mass is 493 g/mol. The Morgan fingerprint density at radius 3 is 2.54 bits per heavy atom.